The number of amides is 1. The monoisotopic (exact) mass is 472 g/mol. The molecule has 1 aliphatic heterocycles. The second-order valence-corrected chi connectivity index (χ2v) is 10.0. The zero-order valence-corrected chi connectivity index (χ0v) is 19.4. The van der Waals surface area contributed by atoms with Crippen LogP contribution in [0.2, 0.25) is 0 Å². The van der Waals surface area contributed by atoms with Crippen molar-refractivity contribution in [3.63, 3.8) is 0 Å². The van der Waals surface area contributed by atoms with E-state index in [1.807, 2.05) is 42.5 Å². The van der Waals surface area contributed by atoms with Gasteiger partial charge in [0.05, 0.1) is 17.2 Å². The molecule has 172 valence electrons. The predicted octanol–water partition coefficient (Wildman–Crippen LogP) is 4.28. The lowest BCUT2D eigenvalue weighted by atomic mass is 10.0. The van der Waals surface area contributed by atoms with Gasteiger partial charge in [0.1, 0.15) is 4.90 Å². The average Bonchev–Trinajstić information content (AvgIpc) is 2.82. The highest BCUT2D eigenvalue weighted by Crippen LogP contribution is 2.26. The normalized spacial score (nSPS) is 14.0. The SMILES string of the molecule is Cc1cc(C(=O)N2CC(Nc3ccccc3)C2)ccc1NS(=O)(=O)c1cccc2cccnc12. The van der Waals surface area contributed by atoms with Gasteiger partial charge in [-0.05, 0) is 55.0 Å². The van der Waals surface area contributed by atoms with Crippen molar-refractivity contribution in [3.8, 4) is 0 Å². The molecule has 2 N–H and O–H groups in total. The van der Waals surface area contributed by atoms with Crippen LogP contribution < -0.4 is 10.0 Å². The largest absolute Gasteiger partial charge is 0.379 e. The number of carbonyl (C=O) groups excluding carboxylic acids is 1. The number of aryl methyl sites for hydroxylation is 1. The maximum atomic E-state index is 13.1. The highest BCUT2D eigenvalue weighted by Gasteiger charge is 2.31. The first-order valence-electron chi connectivity index (χ1n) is 11.0. The van der Waals surface area contributed by atoms with Crippen molar-refractivity contribution in [2.75, 3.05) is 23.1 Å². The van der Waals surface area contributed by atoms with Gasteiger partial charge in [-0.25, -0.2) is 8.42 Å². The minimum absolute atomic E-state index is 0.0677. The maximum absolute atomic E-state index is 13.1. The summed E-state index contributed by atoms with van der Waals surface area (Å²) in [5, 5.41) is 4.16. The molecule has 0 radical (unpaired) electrons. The Balaban J connectivity index is 1.28. The van der Waals surface area contributed by atoms with Gasteiger partial charge in [-0.2, -0.15) is 0 Å². The van der Waals surface area contributed by atoms with E-state index in [-0.39, 0.29) is 16.8 Å². The van der Waals surface area contributed by atoms with Gasteiger partial charge in [-0.3, -0.25) is 14.5 Å². The summed E-state index contributed by atoms with van der Waals surface area (Å²) in [5.74, 6) is -0.0677. The van der Waals surface area contributed by atoms with Gasteiger partial charge in [0, 0.05) is 35.9 Å². The van der Waals surface area contributed by atoms with Gasteiger partial charge in [0.25, 0.3) is 15.9 Å². The number of nitrogens with zero attached hydrogens (tertiary/aromatic N) is 2. The molecule has 8 heteroatoms. The molecular weight excluding hydrogens is 448 g/mol. The number of sulfonamides is 1. The van der Waals surface area contributed by atoms with Crippen LogP contribution in [0.5, 0.6) is 0 Å². The molecule has 5 rings (SSSR count). The summed E-state index contributed by atoms with van der Waals surface area (Å²) >= 11 is 0. The van der Waals surface area contributed by atoms with E-state index in [1.165, 1.54) is 6.07 Å². The number of hydrogen-bond acceptors (Lipinski definition) is 5. The van der Waals surface area contributed by atoms with Gasteiger partial charge < -0.3 is 10.2 Å². The first-order valence-corrected chi connectivity index (χ1v) is 12.5. The molecule has 4 aromatic rings. The van der Waals surface area contributed by atoms with Crippen LogP contribution in [0.3, 0.4) is 0 Å². The Morgan fingerprint density at radius 1 is 0.971 bits per heavy atom. The number of aromatic nitrogens is 1. The molecule has 1 fully saturated rings. The molecule has 0 bridgehead atoms. The third kappa shape index (κ3) is 4.32. The summed E-state index contributed by atoms with van der Waals surface area (Å²) < 4.78 is 28.9. The zero-order valence-electron chi connectivity index (χ0n) is 18.6. The molecule has 1 aliphatic rings. The number of nitrogens with one attached hydrogen (secondary N) is 2. The number of benzene rings is 3. The van der Waals surface area contributed by atoms with E-state index in [9.17, 15) is 13.2 Å². The Hall–Kier alpha value is -3.91. The quantitative estimate of drug-likeness (QED) is 0.437. The van der Waals surface area contributed by atoms with Crippen LogP contribution in [0.4, 0.5) is 11.4 Å². The van der Waals surface area contributed by atoms with E-state index in [0.717, 1.165) is 11.1 Å². The number of fused-ring (bicyclic) bond motifs is 1. The molecule has 0 atom stereocenters. The summed E-state index contributed by atoms with van der Waals surface area (Å²) in [4.78, 5) is 19.0. The Kier molecular flexibility index (Phi) is 5.67. The predicted molar refractivity (Wildman–Crippen MR) is 133 cm³/mol. The summed E-state index contributed by atoms with van der Waals surface area (Å²) in [6.07, 6.45) is 1.57. The number of carbonyl (C=O) groups is 1. The summed E-state index contributed by atoms with van der Waals surface area (Å²) in [7, 11) is -3.86. The van der Waals surface area contributed by atoms with Gasteiger partial charge in [-0.15, -0.1) is 0 Å². The van der Waals surface area contributed by atoms with E-state index >= 15 is 0 Å². The molecule has 34 heavy (non-hydrogen) atoms. The van der Waals surface area contributed by atoms with Gasteiger partial charge in [0.15, 0.2) is 0 Å². The lowest BCUT2D eigenvalue weighted by Gasteiger charge is -2.40. The molecule has 1 saturated heterocycles. The second-order valence-electron chi connectivity index (χ2n) is 8.38. The highest BCUT2D eigenvalue weighted by atomic mass is 32.2. The summed E-state index contributed by atoms with van der Waals surface area (Å²) in [5.41, 5.74) is 3.08. The second kappa shape index (κ2) is 8.79. The van der Waals surface area contributed by atoms with Crippen molar-refractivity contribution in [3.05, 3.63) is 96.2 Å². The van der Waals surface area contributed by atoms with Gasteiger partial charge in [-0.1, -0.05) is 36.4 Å². The van der Waals surface area contributed by atoms with Crippen LogP contribution in [0.25, 0.3) is 10.9 Å². The number of rotatable bonds is 6. The fourth-order valence-corrected chi connectivity index (χ4v) is 5.40. The van der Waals surface area contributed by atoms with Crippen LogP contribution in [0.1, 0.15) is 15.9 Å². The number of likely N-dealkylation sites (tertiary alicyclic amines) is 1. The lowest BCUT2D eigenvalue weighted by molar-refractivity contribution is 0.0625. The van der Waals surface area contributed by atoms with Crippen LogP contribution in [0.15, 0.2) is 90.0 Å². The smallest absolute Gasteiger partial charge is 0.264 e. The van der Waals surface area contributed by atoms with Crippen LogP contribution in [-0.4, -0.2) is 43.3 Å². The third-order valence-electron chi connectivity index (χ3n) is 5.92. The minimum atomic E-state index is -3.86. The molecule has 1 amide bonds. The van der Waals surface area contributed by atoms with E-state index < -0.39 is 10.0 Å². The van der Waals surface area contributed by atoms with Crippen LogP contribution >= 0.6 is 0 Å². The van der Waals surface area contributed by atoms with Gasteiger partial charge in [0.2, 0.25) is 0 Å². The summed E-state index contributed by atoms with van der Waals surface area (Å²) in [6.45, 7) is 3.02. The van der Waals surface area contributed by atoms with Crippen molar-refractivity contribution in [2.45, 2.75) is 17.9 Å². The molecular formula is C26H24N4O3S. The Bertz CT molecular complexity index is 1460. The van der Waals surface area contributed by atoms with Crippen molar-refractivity contribution in [1.82, 2.24) is 9.88 Å². The van der Waals surface area contributed by atoms with Crippen molar-refractivity contribution in [1.29, 1.82) is 0 Å². The number of hydrogen-bond donors (Lipinski definition) is 2. The molecule has 0 spiro atoms. The van der Waals surface area contributed by atoms with Crippen LogP contribution in [-0.2, 0) is 10.0 Å². The molecule has 0 aliphatic carbocycles. The minimum Gasteiger partial charge on any atom is -0.379 e. The molecule has 1 aromatic heterocycles. The highest BCUT2D eigenvalue weighted by molar-refractivity contribution is 7.93. The van der Waals surface area contributed by atoms with Crippen molar-refractivity contribution < 1.29 is 13.2 Å². The van der Waals surface area contributed by atoms with Gasteiger partial charge >= 0.3 is 0 Å². The van der Waals surface area contributed by atoms with Crippen molar-refractivity contribution in [2.24, 2.45) is 0 Å². The van der Waals surface area contributed by atoms with E-state index in [0.29, 0.717) is 35.4 Å². The fourth-order valence-electron chi connectivity index (χ4n) is 4.09. The molecule has 0 unspecified atom stereocenters. The van der Waals surface area contributed by atoms with Crippen LogP contribution in [0, 0.1) is 6.92 Å². The first kappa shape index (κ1) is 21.9. The molecule has 0 saturated carbocycles. The average molecular weight is 473 g/mol. The Morgan fingerprint density at radius 2 is 1.74 bits per heavy atom. The number of anilines is 2. The summed E-state index contributed by atoms with van der Waals surface area (Å²) in [6, 6.07) is 23.8. The third-order valence-corrected chi connectivity index (χ3v) is 7.31. The van der Waals surface area contributed by atoms with E-state index in [4.69, 9.17) is 0 Å². The number of para-hydroxylation sites is 2. The molecule has 2 heterocycles. The Morgan fingerprint density at radius 3 is 2.50 bits per heavy atom. The van der Waals surface area contributed by atoms with E-state index in [1.54, 1.807) is 48.4 Å². The first-order chi connectivity index (χ1) is 16.4. The molecule has 3 aromatic carbocycles. The lowest BCUT2D eigenvalue weighted by Crippen LogP contribution is -2.57. The fraction of sp³-hybridized carbons (Fsp3) is 0.154. The van der Waals surface area contributed by atoms with Crippen molar-refractivity contribution >= 4 is 38.2 Å². The Labute approximate surface area is 198 Å². The molecule has 7 nitrogen and oxygen atoms in total. The maximum Gasteiger partial charge on any atom is 0.264 e. The topological polar surface area (TPSA) is 91.4 Å². The zero-order chi connectivity index (χ0) is 23.7. The number of pyridine rings is 1. The standard InChI is InChI=1S/C26H24N4O3S/c1-18-15-20(26(31)30-16-22(17-30)28-21-9-3-2-4-10-21)12-13-23(18)29-34(32,33)24-11-5-7-19-8-6-14-27-25(19)24/h2-15,22,28-29H,16-17H2,1H3. The van der Waals surface area contributed by atoms with E-state index in [2.05, 4.69) is 15.0 Å².